The number of hydrogen-bond donors (Lipinski definition) is 0. The summed E-state index contributed by atoms with van der Waals surface area (Å²) in [6.45, 7) is 1.48. The predicted molar refractivity (Wildman–Crippen MR) is 89.9 cm³/mol. The first-order chi connectivity index (χ1) is 11.5. The van der Waals surface area contributed by atoms with Crippen LogP contribution in [0.15, 0.2) is 28.8 Å². The molecule has 0 saturated carbocycles. The molecule has 1 aliphatic heterocycles. The molecule has 130 valence electrons. The predicted octanol–water partition coefficient (Wildman–Crippen LogP) is 1.25. The average molecular weight is 351 g/mol. The number of amides is 1. The fraction of sp³-hybridized carbons (Fsp3) is 0.500. The van der Waals surface area contributed by atoms with Crippen molar-refractivity contribution in [3.05, 3.63) is 30.0 Å². The number of rotatable bonds is 7. The van der Waals surface area contributed by atoms with Crippen molar-refractivity contribution in [1.82, 2.24) is 14.4 Å². The van der Waals surface area contributed by atoms with Gasteiger partial charge in [0.25, 0.3) is 0 Å². The number of sulfonamides is 1. The van der Waals surface area contributed by atoms with E-state index in [1.165, 1.54) is 4.31 Å². The van der Waals surface area contributed by atoms with E-state index in [0.717, 1.165) is 18.4 Å². The van der Waals surface area contributed by atoms with E-state index >= 15 is 0 Å². The van der Waals surface area contributed by atoms with Crippen LogP contribution in [-0.4, -0.2) is 61.1 Å². The summed E-state index contributed by atoms with van der Waals surface area (Å²) in [5.74, 6) is 0.0726. The number of aromatic nitrogens is 1. The number of likely N-dealkylation sites (tertiary alicyclic amines) is 1. The van der Waals surface area contributed by atoms with E-state index in [2.05, 4.69) is 5.16 Å². The smallest absolute Gasteiger partial charge is 0.222 e. The Labute approximate surface area is 141 Å². The van der Waals surface area contributed by atoms with Crippen LogP contribution in [0, 0.1) is 0 Å². The van der Waals surface area contributed by atoms with E-state index in [1.807, 2.05) is 18.2 Å². The minimum atomic E-state index is -3.40. The van der Waals surface area contributed by atoms with Crippen LogP contribution in [0.2, 0.25) is 0 Å². The van der Waals surface area contributed by atoms with Gasteiger partial charge in [0.05, 0.1) is 11.4 Å². The van der Waals surface area contributed by atoms with Gasteiger partial charge in [-0.05, 0) is 18.6 Å². The molecule has 3 rings (SSSR count). The molecule has 8 heteroatoms. The van der Waals surface area contributed by atoms with E-state index < -0.39 is 10.0 Å². The van der Waals surface area contributed by atoms with Crippen molar-refractivity contribution in [3.63, 3.8) is 0 Å². The maximum absolute atomic E-state index is 12.4. The monoisotopic (exact) mass is 351 g/mol. The van der Waals surface area contributed by atoms with Gasteiger partial charge in [-0.2, -0.15) is 0 Å². The van der Waals surface area contributed by atoms with Gasteiger partial charge < -0.3 is 9.42 Å². The molecule has 0 radical (unpaired) electrons. The summed E-state index contributed by atoms with van der Waals surface area (Å²) in [7, 11) is -1.85. The van der Waals surface area contributed by atoms with E-state index in [4.69, 9.17) is 4.52 Å². The molecule has 1 amide bonds. The lowest BCUT2D eigenvalue weighted by Crippen LogP contribution is -2.38. The zero-order chi connectivity index (χ0) is 17.2. The van der Waals surface area contributed by atoms with Gasteiger partial charge in [0.1, 0.15) is 0 Å². The highest BCUT2D eigenvalue weighted by Crippen LogP contribution is 2.19. The number of nitrogens with zero attached hydrogens (tertiary/aromatic N) is 3. The summed E-state index contributed by atoms with van der Waals surface area (Å²) in [4.78, 5) is 13.3. The second kappa shape index (κ2) is 6.90. The first-order valence-electron chi connectivity index (χ1n) is 8.02. The van der Waals surface area contributed by atoms with Gasteiger partial charge in [0.2, 0.25) is 15.9 Å². The number of carbonyl (C=O) groups is 1. The van der Waals surface area contributed by atoms with Crippen LogP contribution in [0.3, 0.4) is 0 Å². The van der Waals surface area contributed by atoms with E-state index in [0.29, 0.717) is 37.2 Å². The molecule has 2 aromatic rings. The molecule has 1 saturated heterocycles. The van der Waals surface area contributed by atoms with Gasteiger partial charge in [-0.3, -0.25) is 4.79 Å². The molecule has 0 N–H and O–H groups in total. The third-order valence-electron chi connectivity index (χ3n) is 4.38. The highest BCUT2D eigenvalue weighted by molar-refractivity contribution is 7.89. The number of hydrogen-bond acceptors (Lipinski definition) is 5. The maximum atomic E-state index is 12.4. The molecule has 7 nitrogen and oxygen atoms in total. The number of carbonyl (C=O) groups excluding carboxylic acids is 1. The summed E-state index contributed by atoms with van der Waals surface area (Å²) in [5, 5.41) is 4.81. The van der Waals surface area contributed by atoms with Gasteiger partial charge in [0, 0.05) is 44.9 Å². The summed E-state index contributed by atoms with van der Waals surface area (Å²) >= 11 is 0. The molecule has 1 aliphatic rings. The largest absolute Gasteiger partial charge is 0.356 e. The molecule has 2 heterocycles. The Bertz CT molecular complexity index is 831. The van der Waals surface area contributed by atoms with Gasteiger partial charge >= 0.3 is 0 Å². The molecule has 1 aromatic carbocycles. The normalized spacial score (nSPS) is 15.8. The van der Waals surface area contributed by atoms with Crippen molar-refractivity contribution in [3.8, 4) is 0 Å². The Hall–Kier alpha value is -1.93. The Morgan fingerprint density at radius 2 is 2.12 bits per heavy atom. The van der Waals surface area contributed by atoms with Crippen molar-refractivity contribution in [2.24, 2.45) is 0 Å². The quantitative estimate of drug-likeness (QED) is 0.750. The van der Waals surface area contributed by atoms with Gasteiger partial charge in [0.15, 0.2) is 5.58 Å². The maximum Gasteiger partial charge on any atom is 0.222 e. The summed E-state index contributed by atoms with van der Waals surface area (Å²) in [6.07, 6.45) is 1.72. The summed E-state index contributed by atoms with van der Waals surface area (Å²) < 4.78 is 31.3. The Kier molecular flexibility index (Phi) is 4.86. The third kappa shape index (κ3) is 3.59. The van der Waals surface area contributed by atoms with Crippen molar-refractivity contribution in [1.29, 1.82) is 0 Å². The number of benzene rings is 1. The van der Waals surface area contributed by atoms with E-state index in [9.17, 15) is 13.2 Å². The van der Waals surface area contributed by atoms with Gasteiger partial charge in [-0.25, -0.2) is 12.7 Å². The minimum Gasteiger partial charge on any atom is -0.356 e. The van der Waals surface area contributed by atoms with E-state index in [-0.39, 0.29) is 11.7 Å². The van der Waals surface area contributed by atoms with Crippen molar-refractivity contribution >= 4 is 26.9 Å². The number of aryl methyl sites for hydroxylation is 1. The zero-order valence-electron chi connectivity index (χ0n) is 13.6. The topological polar surface area (TPSA) is 83.7 Å². The highest BCUT2D eigenvalue weighted by atomic mass is 32.2. The molecule has 24 heavy (non-hydrogen) atoms. The van der Waals surface area contributed by atoms with Crippen LogP contribution < -0.4 is 0 Å². The van der Waals surface area contributed by atoms with Crippen molar-refractivity contribution < 1.29 is 17.7 Å². The number of likely N-dealkylation sites (N-methyl/N-ethyl adjacent to an activating group) is 1. The molecule has 0 spiro atoms. The molecule has 0 bridgehead atoms. The molecule has 0 atom stereocenters. The number of fused-ring (bicyclic) bond motifs is 1. The molecular weight excluding hydrogens is 330 g/mol. The fourth-order valence-corrected chi connectivity index (χ4v) is 3.96. The molecule has 1 fully saturated rings. The Morgan fingerprint density at radius 3 is 2.88 bits per heavy atom. The third-order valence-corrected chi connectivity index (χ3v) is 6.23. The standard InChI is InChI=1S/C16H21N3O4S/c1-18(10-11-19-9-4-7-16(19)20)24(21,22)12-8-14-13-5-2-3-6-15(13)23-17-14/h2-3,5-6H,4,7-12H2,1H3. The minimum absolute atomic E-state index is 0.0338. The second-order valence-electron chi connectivity index (χ2n) is 6.00. The molecule has 1 aromatic heterocycles. The van der Waals surface area contributed by atoms with Gasteiger partial charge in [-0.1, -0.05) is 17.3 Å². The average Bonchev–Trinajstić information content (AvgIpc) is 3.17. The molecular formula is C16H21N3O4S. The lowest BCUT2D eigenvalue weighted by atomic mass is 10.2. The van der Waals surface area contributed by atoms with Crippen molar-refractivity contribution in [2.45, 2.75) is 19.3 Å². The van der Waals surface area contributed by atoms with Crippen LogP contribution in [0.1, 0.15) is 18.5 Å². The Morgan fingerprint density at radius 1 is 1.33 bits per heavy atom. The fourth-order valence-electron chi connectivity index (χ4n) is 2.84. The first-order valence-corrected chi connectivity index (χ1v) is 9.63. The second-order valence-corrected chi connectivity index (χ2v) is 8.19. The van der Waals surface area contributed by atoms with Crippen LogP contribution in [0.25, 0.3) is 11.0 Å². The lowest BCUT2D eigenvalue weighted by molar-refractivity contribution is -0.127. The van der Waals surface area contributed by atoms with Crippen LogP contribution >= 0.6 is 0 Å². The highest BCUT2D eigenvalue weighted by Gasteiger charge is 2.23. The lowest BCUT2D eigenvalue weighted by Gasteiger charge is -2.21. The van der Waals surface area contributed by atoms with Crippen molar-refractivity contribution in [2.75, 3.05) is 32.4 Å². The SMILES string of the molecule is CN(CCN1CCCC1=O)S(=O)(=O)CCc1noc2ccccc12. The van der Waals surface area contributed by atoms with E-state index in [1.54, 1.807) is 18.0 Å². The van der Waals surface area contributed by atoms with Crippen LogP contribution in [-0.2, 0) is 21.2 Å². The van der Waals surface area contributed by atoms with Gasteiger partial charge in [-0.15, -0.1) is 0 Å². The van der Waals surface area contributed by atoms with Crippen LogP contribution in [0.5, 0.6) is 0 Å². The molecule has 0 unspecified atom stereocenters. The van der Waals surface area contributed by atoms with Crippen LogP contribution in [0.4, 0.5) is 0 Å². The number of para-hydroxylation sites is 1. The summed E-state index contributed by atoms with van der Waals surface area (Å²) in [6, 6.07) is 7.40. The summed E-state index contributed by atoms with van der Waals surface area (Å²) in [5.41, 5.74) is 1.31. The zero-order valence-corrected chi connectivity index (χ0v) is 14.5. The first kappa shape index (κ1) is 16.9. The Balaban J connectivity index is 1.57. The molecule has 0 aliphatic carbocycles.